The zero-order chi connectivity index (χ0) is 29.1. The molecular weight excluding hydrogens is 535 g/mol. The molecule has 214 valence electrons. The van der Waals surface area contributed by atoms with Crippen LogP contribution in [0.1, 0.15) is 46.2 Å². The number of hydrogen-bond acceptors (Lipinski definition) is 2. The zero-order valence-corrected chi connectivity index (χ0v) is 23.1. The van der Waals surface area contributed by atoms with Crippen molar-refractivity contribution in [3.05, 3.63) is 143 Å². The second kappa shape index (κ2) is 11.9. The number of halogens is 3. The second-order valence-corrected chi connectivity index (χ2v) is 10.8. The van der Waals surface area contributed by atoms with E-state index in [9.17, 15) is 18.0 Å². The lowest BCUT2D eigenvalue weighted by atomic mass is 9.87. The summed E-state index contributed by atoms with van der Waals surface area (Å²) in [6.07, 6.45) is -2.55. The first-order valence-corrected chi connectivity index (χ1v) is 14.2. The molecule has 0 radical (unpaired) electrons. The smallest absolute Gasteiger partial charge is 0.361 e. The van der Waals surface area contributed by atoms with Gasteiger partial charge in [0.25, 0.3) is 0 Å². The molecule has 0 bridgehead atoms. The van der Waals surface area contributed by atoms with Crippen LogP contribution in [-0.2, 0) is 11.0 Å². The quantitative estimate of drug-likeness (QED) is 0.220. The Hall–Kier alpha value is -4.36. The summed E-state index contributed by atoms with van der Waals surface area (Å²) in [5, 5.41) is 0.908. The van der Waals surface area contributed by atoms with E-state index in [2.05, 4.69) is 34.1 Å². The normalized spacial score (nSPS) is 15.3. The molecule has 1 fully saturated rings. The molecular formula is C35H32F3N3O. The molecule has 7 heteroatoms. The number of benzene rings is 4. The van der Waals surface area contributed by atoms with E-state index in [1.807, 2.05) is 71.8 Å². The predicted molar refractivity (Wildman–Crippen MR) is 159 cm³/mol. The first-order valence-electron chi connectivity index (χ1n) is 14.2. The van der Waals surface area contributed by atoms with Crippen LogP contribution in [0.3, 0.4) is 0 Å². The van der Waals surface area contributed by atoms with Gasteiger partial charge in [-0.3, -0.25) is 9.69 Å². The third-order valence-electron chi connectivity index (χ3n) is 8.25. The Morgan fingerprint density at radius 1 is 0.738 bits per heavy atom. The van der Waals surface area contributed by atoms with Gasteiger partial charge in [-0.05, 0) is 34.4 Å². The van der Waals surface area contributed by atoms with Crippen LogP contribution in [0.25, 0.3) is 10.9 Å². The number of hydrogen-bond donors (Lipinski definition) is 1. The number of nitrogens with zero attached hydrogens (tertiary/aromatic N) is 2. The molecule has 1 N–H and O–H groups in total. The van der Waals surface area contributed by atoms with E-state index in [4.69, 9.17) is 0 Å². The predicted octanol–water partition coefficient (Wildman–Crippen LogP) is 7.64. The monoisotopic (exact) mass is 567 g/mol. The fraction of sp³-hybridized carbons (Fsp3) is 0.229. The summed E-state index contributed by atoms with van der Waals surface area (Å²) < 4.78 is 40.9. The van der Waals surface area contributed by atoms with Crippen LogP contribution < -0.4 is 0 Å². The van der Waals surface area contributed by atoms with Crippen molar-refractivity contribution in [2.24, 2.45) is 0 Å². The molecule has 1 unspecified atom stereocenters. The molecule has 0 saturated carbocycles. The topological polar surface area (TPSA) is 39.3 Å². The van der Waals surface area contributed by atoms with E-state index in [-0.39, 0.29) is 18.4 Å². The highest BCUT2D eigenvalue weighted by molar-refractivity contribution is 5.86. The van der Waals surface area contributed by atoms with Gasteiger partial charge in [0.2, 0.25) is 5.91 Å². The van der Waals surface area contributed by atoms with Crippen molar-refractivity contribution in [3.8, 4) is 0 Å². The largest absolute Gasteiger partial charge is 0.416 e. The minimum Gasteiger partial charge on any atom is -0.361 e. The lowest BCUT2D eigenvalue weighted by Crippen LogP contribution is -2.50. The minimum absolute atomic E-state index is 0.0571. The number of nitrogens with one attached hydrogen (secondary N) is 1. The van der Waals surface area contributed by atoms with Gasteiger partial charge in [0.15, 0.2) is 0 Å². The number of piperazine rings is 1. The molecule has 1 amide bonds. The summed E-state index contributed by atoms with van der Waals surface area (Å²) in [5.74, 6) is -0.575. The van der Waals surface area contributed by atoms with Gasteiger partial charge in [0.1, 0.15) is 0 Å². The Balaban J connectivity index is 1.24. The Labute approximate surface area is 243 Å². The van der Waals surface area contributed by atoms with E-state index in [0.29, 0.717) is 31.7 Å². The number of aromatic amines is 1. The average Bonchev–Trinajstić information content (AvgIpc) is 3.45. The van der Waals surface area contributed by atoms with Crippen LogP contribution in [0.5, 0.6) is 0 Å². The summed E-state index contributed by atoms with van der Waals surface area (Å²) in [6.45, 7) is 2.50. The molecule has 1 atom stereocenters. The van der Waals surface area contributed by atoms with Crippen molar-refractivity contribution in [1.82, 2.24) is 14.8 Å². The number of alkyl halides is 3. The van der Waals surface area contributed by atoms with Crippen LogP contribution in [-0.4, -0.2) is 46.9 Å². The van der Waals surface area contributed by atoms with Gasteiger partial charge in [-0.1, -0.05) is 97.1 Å². The van der Waals surface area contributed by atoms with Gasteiger partial charge < -0.3 is 9.88 Å². The Kier molecular flexibility index (Phi) is 7.85. The molecule has 5 aromatic rings. The van der Waals surface area contributed by atoms with Crippen molar-refractivity contribution in [3.63, 3.8) is 0 Å². The zero-order valence-electron chi connectivity index (χ0n) is 23.1. The van der Waals surface area contributed by atoms with E-state index in [1.165, 1.54) is 23.3 Å². The lowest BCUT2D eigenvalue weighted by Gasteiger charge is -2.40. The number of fused-ring (bicyclic) bond motifs is 1. The summed E-state index contributed by atoms with van der Waals surface area (Å²) >= 11 is 0. The van der Waals surface area contributed by atoms with Gasteiger partial charge in [0, 0.05) is 55.6 Å². The molecule has 42 heavy (non-hydrogen) atoms. The molecule has 1 aromatic heterocycles. The van der Waals surface area contributed by atoms with Crippen molar-refractivity contribution >= 4 is 16.8 Å². The van der Waals surface area contributed by atoms with E-state index in [0.717, 1.165) is 22.5 Å². The molecule has 1 aliphatic heterocycles. The van der Waals surface area contributed by atoms with E-state index < -0.39 is 17.7 Å². The third-order valence-corrected chi connectivity index (χ3v) is 8.25. The van der Waals surface area contributed by atoms with Crippen LogP contribution >= 0.6 is 0 Å². The summed E-state index contributed by atoms with van der Waals surface area (Å²) in [5.41, 5.74) is 3.89. The summed E-state index contributed by atoms with van der Waals surface area (Å²) in [7, 11) is 0. The van der Waals surface area contributed by atoms with Crippen LogP contribution in [0.15, 0.2) is 115 Å². The van der Waals surface area contributed by atoms with E-state index in [1.54, 1.807) is 6.07 Å². The highest BCUT2D eigenvalue weighted by Crippen LogP contribution is 2.37. The fourth-order valence-corrected chi connectivity index (χ4v) is 6.14. The maximum atomic E-state index is 13.8. The van der Waals surface area contributed by atoms with Crippen molar-refractivity contribution in [2.75, 3.05) is 26.2 Å². The number of aromatic nitrogens is 1. The van der Waals surface area contributed by atoms with Gasteiger partial charge in [-0.15, -0.1) is 0 Å². The summed E-state index contributed by atoms with van der Waals surface area (Å²) in [6, 6.07) is 33.9. The molecule has 1 saturated heterocycles. The molecule has 1 aliphatic rings. The Morgan fingerprint density at radius 2 is 1.33 bits per heavy atom. The molecule has 0 aliphatic carbocycles. The van der Waals surface area contributed by atoms with Crippen LogP contribution in [0.4, 0.5) is 13.2 Å². The first kappa shape index (κ1) is 27.8. The Morgan fingerprint density at radius 3 is 1.98 bits per heavy atom. The maximum Gasteiger partial charge on any atom is 0.416 e. The molecule has 2 heterocycles. The molecule has 6 rings (SSSR count). The number of carbonyl (C=O) groups excluding carboxylic acids is 1. The van der Waals surface area contributed by atoms with Gasteiger partial charge in [0.05, 0.1) is 11.6 Å². The number of rotatable bonds is 7. The van der Waals surface area contributed by atoms with Crippen molar-refractivity contribution < 1.29 is 18.0 Å². The highest BCUT2D eigenvalue weighted by Gasteiger charge is 2.33. The maximum absolute atomic E-state index is 13.8. The number of carbonyl (C=O) groups is 1. The fourth-order valence-electron chi connectivity index (χ4n) is 6.14. The number of para-hydroxylation sites is 1. The second-order valence-electron chi connectivity index (χ2n) is 10.8. The molecule has 0 spiro atoms. The van der Waals surface area contributed by atoms with Crippen LogP contribution in [0.2, 0.25) is 0 Å². The lowest BCUT2D eigenvalue weighted by molar-refractivity contribution is -0.137. The van der Waals surface area contributed by atoms with Gasteiger partial charge in [-0.2, -0.15) is 13.2 Å². The first-order chi connectivity index (χ1) is 20.4. The minimum atomic E-state index is -4.46. The van der Waals surface area contributed by atoms with E-state index >= 15 is 0 Å². The summed E-state index contributed by atoms with van der Waals surface area (Å²) in [4.78, 5) is 21.3. The van der Waals surface area contributed by atoms with Crippen molar-refractivity contribution in [2.45, 2.75) is 24.6 Å². The average molecular weight is 568 g/mol. The Bertz CT molecular complexity index is 1600. The standard InChI is InChI=1S/C35H32F3N3O/c36-35(37,38)28-15-9-14-27(22-28)30(31-24-39-32-17-8-7-16-29(31)32)23-33(42)40-18-20-41(21-19-40)34(25-10-3-1-4-11-25)26-12-5-2-6-13-26/h1-17,22,24,30,34,39H,18-21,23H2. The highest BCUT2D eigenvalue weighted by atomic mass is 19.4. The van der Waals surface area contributed by atoms with Gasteiger partial charge in [-0.25, -0.2) is 0 Å². The van der Waals surface area contributed by atoms with Crippen molar-refractivity contribution in [1.29, 1.82) is 0 Å². The van der Waals surface area contributed by atoms with Gasteiger partial charge >= 0.3 is 6.18 Å². The molecule has 4 aromatic carbocycles. The van der Waals surface area contributed by atoms with Crippen LogP contribution in [0, 0.1) is 0 Å². The third kappa shape index (κ3) is 5.83. The number of amides is 1. The molecule has 4 nitrogen and oxygen atoms in total. The number of H-pyrrole nitrogens is 1. The SMILES string of the molecule is O=C(CC(c1cccc(C(F)(F)F)c1)c1c[nH]c2ccccc12)N1CCN(C(c2ccccc2)c2ccccc2)CC1.